The largest absolute Gasteiger partial charge is 0.444 e. The molecule has 4 heterocycles. The summed E-state index contributed by atoms with van der Waals surface area (Å²) in [6.45, 7) is 22.0. The number of alkyl carbamates (subject to hydrolysis) is 2. The van der Waals surface area contributed by atoms with Gasteiger partial charge in [-0.15, -0.1) is 0 Å². The molecule has 90 heavy (non-hydrogen) atoms. The lowest BCUT2D eigenvalue weighted by Crippen LogP contribution is -2.48. The van der Waals surface area contributed by atoms with Crippen molar-refractivity contribution in [3.8, 4) is 22.3 Å². The second-order valence-electron chi connectivity index (χ2n) is 23.9. The van der Waals surface area contributed by atoms with Crippen LogP contribution in [-0.2, 0) is 44.5 Å². The van der Waals surface area contributed by atoms with Crippen LogP contribution in [0.1, 0.15) is 136 Å². The monoisotopic (exact) mass is 1250 g/mol. The lowest BCUT2D eigenvalue weighted by molar-refractivity contribution is -0.138. The first-order chi connectivity index (χ1) is 42.2. The van der Waals surface area contributed by atoms with E-state index in [1.54, 1.807) is 152 Å². The average molecular weight is 1250 g/mol. The van der Waals surface area contributed by atoms with E-state index in [1.807, 2.05) is 12.1 Å². The number of carbonyl (C=O) groups excluding carboxylic acids is 6. The quantitative estimate of drug-likeness (QED) is 0.0751. The maximum atomic E-state index is 13.6. The Balaban J connectivity index is 0.000000256. The molecular weight excluding hydrogens is 1170 g/mol. The van der Waals surface area contributed by atoms with Crippen molar-refractivity contribution in [2.24, 2.45) is 0 Å². The van der Waals surface area contributed by atoms with E-state index < -0.39 is 59.0 Å². The number of halogens is 6. The van der Waals surface area contributed by atoms with Gasteiger partial charge < -0.3 is 50.3 Å². The number of nitrogens with one attached hydrogen (secondary N) is 4. The molecule has 2 aliphatic rings. The molecule has 0 radical (unpaired) electrons. The molecule has 4 aromatic carbocycles. The van der Waals surface area contributed by atoms with Gasteiger partial charge in [-0.2, -0.15) is 26.3 Å². The molecule has 0 saturated carbocycles. The summed E-state index contributed by atoms with van der Waals surface area (Å²) < 4.78 is 91.9. The summed E-state index contributed by atoms with van der Waals surface area (Å²) in [6, 6.07) is 26.7. The molecule has 2 aromatic heterocycles. The van der Waals surface area contributed by atoms with Crippen LogP contribution in [0.15, 0.2) is 122 Å². The predicted octanol–water partition coefficient (Wildman–Crippen LogP) is 11.9. The van der Waals surface area contributed by atoms with E-state index in [0.29, 0.717) is 85.7 Å². The highest BCUT2D eigenvalue weighted by molar-refractivity contribution is 5.94. The summed E-state index contributed by atoms with van der Waals surface area (Å²) in [6.07, 6.45) is -7.29. The van der Waals surface area contributed by atoms with Crippen LogP contribution in [0, 0.1) is 0 Å². The van der Waals surface area contributed by atoms with Gasteiger partial charge in [-0.3, -0.25) is 29.1 Å². The van der Waals surface area contributed by atoms with E-state index in [9.17, 15) is 55.1 Å². The molecule has 6 amide bonds. The van der Waals surface area contributed by atoms with Crippen LogP contribution in [0.4, 0.5) is 47.3 Å². The molecule has 24 heteroatoms. The van der Waals surface area contributed by atoms with Gasteiger partial charge >= 0.3 is 24.5 Å². The third kappa shape index (κ3) is 19.4. The van der Waals surface area contributed by atoms with Crippen molar-refractivity contribution in [1.82, 2.24) is 41.0 Å². The van der Waals surface area contributed by atoms with Crippen LogP contribution in [-0.4, -0.2) is 119 Å². The number of aromatic nitrogens is 2. The molecule has 2 saturated heterocycles. The molecular formula is C66H76F6N10O8. The van der Waals surface area contributed by atoms with Gasteiger partial charge in [0.2, 0.25) is 11.8 Å². The second kappa shape index (κ2) is 28.9. The number of anilines is 2. The van der Waals surface area contributed by atoms with Gasteiger partial charge in [0, 0.05) is 103 Å². The Morgan fingerprint density at radius 2 is 0.811 bits per heavy atom. The van der Waals surface area contributed by atoms with Crippen LogP contribution in [0.3, 0.4) is 0 Å². The van der Waals surface area contributed by atoms with Gasteiger partial charge in [0.05, 0.1) is 23.2 Å². The Labute approximate surface area is 519 Å². The molecule has 4 N–H and O–H groups in total. The summed E-state index contributed by atoms with van der Waals surface area (Å²) in [7, 11) is 0. The van der Waals surface area contributed by atoms with E-state index in [0.717, 1.165) is 46.8 Å². The smallest absolute Gasteiger partial charge is 0.416 e. The highest BCUT2D eigenvalue weighted by Gasteiger charge is 2.33. The lowest BCUT2D eigenvalue weighted by atomic mass is 9.95. The lowest BCUT2D eigenvalue weighted by Gasteiger charge is -2.35. The van der Waals surface area contributed by atoms with Crippen molar-refractivity contribution in [3.05, 3.63) is 166 Å². The topological polar surface area (TPSA) is 208 Å². The van der Waals surface area contributed by atoms with Crippen molar-refractivity contribution in [3.63, 3.8) is 0 Å². The van der Waals surface area contributed by atoms with E-state index in [4.69, 9.17) is 9.47 Å². The summed E-state index contributed by atoms with van der Waals surface area (Å²) in [5, 5.41) is 11.1. The summed E-state index contributed by atoms with van der Waals surface area (Å²) >= 11 is 0. The number of piperazine rings is 2. The van der Waals surface area contributed by atoms with Gasteiger partial charge in [0.1, 0.15) is 22.6 Å². The Morgan fingerprint density at radius 3 is 1.11 bits per heavy atom. The van der Waals surface area contributed by atoms with Crippen molar-refractivity contribution >= 4 is 47.2 Å². The molecule has 0 spiro atoms. The van der Waals surface area contributed by atoms with Crippen LogP contribution >= 0.6 is 0 Å². The number of carbonyl (C=O) groups is 6. The molecule has 18 nitrogen and oxygen atoms in total. The number of hydrogen-bond donors (Lipinski definition) is 4. The van der Waals surface area contributed by atoms with E-state index in [1.165, 1.54) is 12.1 Å². The summed E-state index contributed by atoms with van der Waals surface area (Å²) in [4.78, 5) is 90.0. The van der Waals surface area contributed by atoms with Crippen molar-refractivity contribution in [2.75, 3.05) is 62.2 Å². The molecule has 2 aliphatic heterocycles. The SMILES string of the molecule is CC(=O)N1CCN(c2ccnc(C(=O)N[C@H](C)c3ccc(-c4cc(C(F)(F)F)ccc4CNC(=O)OC(C)(C)C)cc3)c2)CC1.CC(=O)N1CCN(c2ccnc(C(=O)N[C@H](C)c3ccc(-c4cc(C(F)(F)F)ccc4CNC(=O)OC(C)(C)C)cc3)c2)CC1. The fourth-order valence-electron chi connectivity index (χ4n) is 9.96. The molecule has 2 atom stereocenters. The van der Waals surface area contributed by atoms with Crippen LogP contribution in [0.5, 0.6) is 0 Å². The maximum Gasteiger partial charge on any atom is 0.416 e. The Kier molecular flexibility index (Phi) is 22.0. The number of nitrogens with zero attached hydrogens (tertiary/aromatic N) is 6. The zero-order chi connectivity index (χ0) is 65.9. The molecule has 8 rings (SSSR count). The van der Waals surface area contributed by atoms with Gasteiger partial charge in [0.15, 0.2) is 0 Å². The highest BCUT2D eigenvalue weighted by atomic mass is 19.4. The number of ether oxygens (including phenoxy) is 2. The fourth-order valence-corrected chi connectivity index (χ4v) is 9.96. The summed E-state index contributed by atoms with van der Waals surface area (Å²) in [5.41, 5.74) is 3.23. The Morgan fingerprint density at radius 1 is 0.478 bits per heavy atom. The van der Waals surface area contributed by atoms with Crippen molar-refractivity contribution in [1.29, 1.82) is 0 Å². The zero-order valence-corrected chi connectivity index (χ0v) is 52.0. The van der Waals surface area contributed by atoms with E-state index in [2.05, 4.69) is 41.0 Å². The summed E-state index contributed by atoms with van der Waals surface area (Å²) in [5.74, 6) is -0.665. The minimum atomic E-state index is -4.54. The first-order valence-corrected chi connectivity index (χ1v) is 29.3. The molecule has 0 unspecified atom stereocenters. The van der Waals surface area contributed by atoms with Gasteiger partial charge in [-0.1, -0.05) is 60.7 Å². The van der Waals surface area contributed by atoms with Gasteiger partial charge in [-0.25, -0.2) is 9.59 Å². The minimum Gasteiger partial charge on any atom is -0.444 e. The third-order valence-electron chi connectivity index (χ3n) is 14.8. The van der Waals surface area contributed by atoms with Gasteiger partial charge in [0.25, 0.3) is 11.8 Å². The molecule has 0 aliphatic carbocycles. The number of benzene rings is 4. The maximum absolute atomic E-state index is 13.6. The fraction of sp³-hybridized carbons (Fsp3) is 0.394. The first-order valence-electron chi connectivity index (χ1n) is 29.3. The van der Waals surface area contributed by atoms with Crippen LogP contribution in [0.25, 0.3) is 22.3 Å². The normalized spacial score (nSPS) is 14.5. The zero-order valence-electron chi connectivity index (χ0n) is 52.0. The Bertz CT molecular complexity index is 3290. The van der Waals surface area contributed by atoms with E-state index in [-0.39, 0.29) is 48.1 Å². The molecule has 2 fully saturated rings. The minimum absolute atomic E-state index is 0.0327. The number of rotatable bonds is 14. The molecule has 6 aromatic rings. The molecule has 480 valence electrons. The number of pyridine rings is 2. The van der Waals surface area contributed by atoms with Crippen LogP contribution in [0.2, 0.25) is 0 Å². The number of alkyl halides is 6. The first kappa shape index (κ1) is 68.3. The van der Waals surface area contributed by atoms with Crippen LogP contribution < -0.4 is 31.1 Å². The van der Waals surface area contributed by atoms with Gasteiger partial charge in [-0.05, 0) is 148 Å². The second-order valence-corrected chi connectivity index (χ2v) is 23.9. The van der Waals surface area contributed by atoms with Crippen molar-refractivity contribution < 1.29 is 64.6 Å². The third-order valence-corrected chi connectivity index (χ3v) is 14.8. The average Bonchev–Trinajstić information content (AvgIpc) is 0.924. The van der Waals surface area contributed by atoms with Crippen molar-refractivity contribution in [2.45, 2.75) is 118 Å². The van der Waals surface area contributed by atoms with E-state index >= 15 is 0 Å². The number of amides is 6. The predicted molar refractivity (Wildman–Crippen MR) is 329 cm³/mol. The Hall–Kier alpha value is -9.22. The highest BCUT2D eigenvalue weighted by Crippen LogP contribution is 2.37. The molecule has 0 bridgehead atoms. The standard InChI is InChI=1S/2C33H38F3N5O4/c2*1-21(39-30(43)29-19-27(12-13-37-29)41-16-14-40(15-17-41)22(2)42)23-6-8-24(9-7-23)28-18-26(33(34,35)36)11-10-25(28)20-38-31(44)45-32(3,4)5/h2*6-13,18-19,21H,14-17,20H2,1-5H3,(H,38,44)(H,39,43)/t2*21-/m11/s1. The number of hydrogen-bond acceptors (Lipinski definition) is 12.